The lowest BCUT2D eigenvalue weighted by atomic mass is 9.85. The van der Waals surface area contributed by atoms with Crippen molar-refractivity contribution < 1.29 is 29.1 Å². The first kappa shape index (κ1) is 53.2. The van der Waals surface area contributed by atoms with E-state index in [-0.39, 0.29) is 55.6 Å². The van der Waals surface area contributed by atoms with E-state index in [1.807, 2.05) is 105 Å². The van der Waals surface area contributed by atoms with Crippen LogP contribution in [0, 0.1) is 12.3 Å². The Balaban J connectivity index is 0.836. The number of β-amino-alcohol motifs (C(OH)–C–C–N with tert-alkyl or cyclic N) is 1. The number of anilines is 2. The molecule has 2 aliphatic rings. The van der Waals surface area contributed by atoms with E-state index in [0.29, 0.717) is 87.1 Å². The van der Waals surface area contributed by atoms with Gasteiger partial charge in [0.1, 0.15) is 35.7 Å². The van der Waals surface area contributed by atoms with Gasteiger partial charge in [-0.2, -0.15) is 0 Å². The van der Waals surface area contributed by atoms with Gasteiger partial charge < -0.3 is 40.7 Å². The van der Waals surface area contributed by atoms with Crippen LogP contribution in [0.25, 0.3) is 22.0 Å². The molecule has 0 aliphatic carbocycles. The molecule has 1 fully saturated rings. The fraction of sp³-hybridized carbons (Fsp3) is 0.500. The number of carbonyl (C=O) groups excluding carboxylic acids is 5. The smallest absolute Gasteiger partial charge is 0.260 e. The van der Waals surface area contributed by atoms with Crippen molar-refractivity contribution in [2.45, 2.75) is 137 Å². The summed E-state index contributed by atoms with van der Waals surface area (Å²) < 4.78 is 1.90. The number of benzene rings is 1. The van der Waals surface area contributed by atoms with Gasteiger partial charge in [-0.3, -0.25) is 28.9 Å². The molecule has 5 aromatic rings. The molecule has 0 unspecified atom stereocenters. The molecule has 4 aromatic heterocycles. The summed E-state index contributed by atoms with van der Waals surface area (Å²) >= 11 is 1.57. The van der Waals surface area contributed by atoms with Crippen molar-refractivity contribution >= 4 is 52.5 Å². The summed E-state index contributed by atoms with van der Waals surface area (Å²) in [4.78, 5) is 87.9. The molecule has 3 atom stereocenters. The minimum Gasteiger partial charge on any atom is -0.391 e. The number of nitrogens with zero attached hydrogens (tertiary/aromatic N) is 9. The summed E-state index contributed by atoms with van der Waals surface area (Å²) in [6.45, 7) is 16.2. The predicted molar refractivity (Wildman–Crippen MR) is 277 cm³/mol. The monoisotopic (exact) mass is 1000 g/mol. The fourth-order valence-electron chi connectivity index (χ4n) is 8.86. The first-order valence-electron chi connectivity index (χ1n) is 24.9. The zero-order valence-corrected chi connectivity index (χ0v) is 43.5. The summed E-state index contributed by atoms with van der Waals surface area (Å²) in [7, 11) is 1.95. The highest BCUT2D eigenvalue weighted by molar-refractivity contribution is 7.13. The van der Waals surface area contributed by atoms with Crippen LogP contribution in [0.2, 0.25) is 0 Å². The molecule has 7 rings (SSSR count). The highest BCUT2D eigenvalue weighted by Crippen LogP contribution is 2.33. The summed E-state index contributed by atoms with van der Waals surface area (Å²) in [6.07, 6.45) is 3.09. The maximum atomic E-state index is 14.1. The molecule has 5 N–H and O–H groups in total. The highest BCUT2D eigenvalue weighted by Gasteiger charge is 2.44. The second-order valence-electron chi connectivity index (χ2n) is 19.9. The number of thiazole rings is 1. The number of pyridine rings is 2. The molecule has 2 aliphatic heterocycles. The largest absolute Gasteiger partial charge is 0.391 e. The normalized spacial score (nSPS) is 16.0. The minimum absolute atomic E-state index is 0.00821. The molecule has 5 amide bonds. The topological polar surface area (TPSA) is 233 Å². The van der Waals surface area contributed by atoms with E-state index in [1.165, 1.54) is 4.90 Å². The van der Waals surface area contributed by atoms with E-state index in [1.54, 1.807) is 22.6 Å². The van der Waals surface area contributed by atoms with E-state index in [0.717, 1.165) is 33.0 Å². The number of likely N-dealkylation sites (tertiary alicyclic amines) is 1. The van der Waals surface area contributed by atoms with E-state index < -0.39 is 29.5 Å². The van der Waals surface area contributed by atoms with Crippen molar-refractivity contribution in [2.24, 2.45) is 5.41 Å². The number of aliphatic hydroxyl groups is 1. The molecule has 72 heavy (non-hydrogen) atoms. The lowest BCUT2D eigenvalue weighted by Gasteiger charge is -2.35. The van der Waals surface area contributed by atoms with Crippen molar-refractivity contribution in [3.8, 4) is 22.0 Å². The number of fused-ring (bicyclic) bond motifs is 1. The van der Waals surface area contributed by atoms with Gasteiger partial charge in [-0.1, -0.05) is 57.5 Å². The average molecular weight is 1000 g/mol. The quantitative estimate of drug-likeness (QED) is 0.0565. The van der Waals surface area contributed by atoms with Gasteiger partial charge in [-0.05, 0) is 75.3 Å². The molecule has 20 heteroatoms. The van der Waals surface area contributed by atoms with Crippen LogP contribution in [0.15, 0.2) is 60.4 Å². The maximum absolute atomic E-state index is 14.1. The van der Waals surface area contributed by atoms with E-state index in [4.69, 9.17) is 9.97 Å². The second kappa shape index (κ2) is 23.7. The van der Waals surface area contributed by atoms with Crippen LogP contribution in [-0.2, 0) is 45.4 Å². The van der Waals surface area contributed by atoms with Crippen LogP contribution in [-0.4, -0.2) is 120 Å². The molecule has 0 radical (unpaired) electrons. The van der Waals surface area contributed by atoms with Crippen LogP contribution in [0.5, 0.6) is 0 Å². The Kier molecular flexibility index (Phi) is 17.5. The van der Waals surface area contributed by atoms with Gasteiger partial charge in [-0.25, -0.2) is 15.0 Å². The molecule has 1 aromatic carbocycles. The number of carbonyl (C=O) groups is 5. The Morgan fingerprint density at radius 2 is 1.71 bits per heavy atom. The van der Waals surface area contributed by atoms with Gasteiger partial charge in [0, 0.05) is 77.2 Å². The minimum atomic E-state index is -0.923. The number of unbranched alkanes of at least 4 members (excludes halogenated alkanes) is 2. The highest BCUT2D eigenvalue weighted by atomic mass is 32.1. The standard InChI is InChI=1S/C52H69N13O6S/c1-9-63-30-57-61-48(63)39-14-13-15-42(58-39)65-29-38-37(50(65)70)25-43(62(8)32(2)3)59-40(38)27-53-22-23-54-44(67)16-11-10-12-17-45(68)60-47(52(5,6)7)51(71)64-28-36(66)24-41(64)49(69)55-26-34-18-20-35(21-19-34)46-33(4)56-31-72-46/h13-15,18-21,25,30-32,36,41,47,53,66H,9-12,16-17,22-24,26-29H2,1-8H3,(H,54,67)(H,55,69)(H,60,68)/t36-,41+,47-/m1/s1. The Bertz CT molecular complexity index is 2720. The number of aromatic nitrogens is 6. The van der Waals surface area contributed by atoms with Crippen molar-refractivity contribution in [3.63, 3.8) is 0 Å². The fourth-order valence-corrected chi connectivity index (χ4v) is 9.67. The number of amides is 5. The van der Waals surface area contributed by atoms with Gasteiger partial charge in [-0.15, -0.1) is 21.5 Å². The SMILES string of the molecule is CCn1cnnc1-c1cccc(N2Cc3c(cc(N(C)C(C)C)nc3CNCCNC(=O)CCCCCC(=O)N[C@H](C(=O)N3C[C@H](O)C[C@H]3C(=O)NCc3ccc(-c4scnc4C)cc3)C(C)(C)C)C2=O)n1. The van der Waals surface area contributed by atoms with E-state index in [9.17, 15) is 29.1 Å². The third-order valence-corrected chi connectivity index (χ3v) is 14.2. The Morgan fingerprint density at radius 1 is 0.958 bits per heavy atom. The Morgan fingerprint density at radius 3 is 2.40 bits per heavy atom. The number of hydrogen-bond donors (Lipinski definition) is 5. The maximum Gasteiger partial charge on any atom is 0.260 e. The molecular weight excluding hydrogens is 935 g/mol. The molecule has 0 spiro atoms. The molecule has 384 valence electrons. The average Bonchev–Trinajstić information content (AvgIpc) is 4.18. The van der Waals surface area contributed by atoms with E-state index >= 15 is 0 Å². The zero-order valence-electron chi connectivity index (χ0n) is 42.7. The van der Waals surface area contributed by atoms with Gasteiger partial charge >= 0.3 is 0 Å². The van der Waals surface area contributed by atoms with Crippen LogP contribution in [0.3, 0.4) is 0 Å². The van der Waals surface area contributed by atoms with Gasteiger partial charge in [0.2, 0.25) is 23.6 Å². The van der Waals surface area contributed by atoms with Gasteiger partial charge in [0.25, 0.3) is 5.91 Å². The number of hydrogen-bond acceptors (Lipinski definition) is 14. The summed E-state index contributed by atoms with van der Waals surface area (Å²) in [6, 6.07) is 13.6. The molecule has 1 saturated heterocycles. The zero-order chi connectivity index (χ0) is 51.7. The number of aryl methyl sites for hydroxylation is 2. The third-order valence-electron chi connectivity index (χ3n) is 13.3. The van der Waals surface area contributed by atoms with Crippen LogP contribution < -0.4 is 31.1 Å². The van der Waals surface area contributed by atoms with Crippen LogP contribution >= 0.6 is 11.3 Å². The van der Waals surface area contributed by atoms with Crippen LogP contribution in [0.1, 0.15) is 113 Å². The molecule has 6 heterocycles. The van der Waals surface area contributed by atoms with E-state index in [2.05, 4.69) is 50.3 Å². The Hall–Kier alpha value is -6.64. The van der Waals surface area contributed by atoms with Crippen molar-refractivity contribution in [1.82, 2.24) is 55.9 Å². The number of rotatable bonds is 22. The van der Waals surface area contributed by atoms with Crippen LogP contribution in [0.4, 0.5) is 11.6 Å². The summed E-state index contributed by atoms with van der Waals surface area (Å²) in [5.74, 6) is 0.502. The van der Waals surface area contributed by atoms with Crippen molar-refractivity contribution in [1.29, 1.82) is 0 Å². The molecule has 19 nitrogen and oxygen atoms in total. The first-order valence-corrected chi connectivity index (χ1v) is 25.8. The molecular formula is C52H69N13O6S. The lowest BCUT2D eigenvalue weighted by Crippen LogP contribution is -2.57. The number of aliphatic hydroxyl groups excluding tert-OH is 1. The molecule has 0 bridgehead atoms. The Labute approximate surface area is 425 Å². The van der Waals surface area contributed by atoms with Crippen molar-refractivity contribution in [3.05, 3.63) is 88.4 Å². The summed E-state index contributed by atoms with van der Waals surface area (Å²) in [5, 5.41) is 31.1. The van der Waals surface area contributed by atoms with Gasteiger partial charge in [0.15, 0.2) is 5.82 Å². The summed E-state index contributed by atoms with van der Waals surface area (Å²) in [5.41, 5.74) is 6.82. The lowest BCUT2D eigenvalue weighted by molar-refractivity contribution is -0.144. The predicted octanol–water partition coefficient (Wildman–Crippen LogP) is 5.16. The second-order valence-corrected chi connectivity index (χ2v) is 20.8. The number of nitrogens with one attached hydrogen (secondary N) is 4. The first-order chi connectivity index (χ1) is 34.4. The van der Waals surface area contributed by atoms with Crippen molar-refractivity contribution in [2.75, 3.05) is 36.5 Å². The molecule has 0 saturated carbocycles. The van der Waals surface area contributed by atoms with Gasteiger partial charge in [0.05, 0.1) is 40.0 Å². The third kappa shape index (κ3) is 12.9.